The summed E-state index contributed by atoms with van der Waals surface area (Å²) >= 11 is 3.33. The topological polar surface area (TPSA) is 70.6 Å². The van der Waals surface area contributed by atoms with Crippen molar-refractivity contribution in [3.05, 3.63) is 34.1 Å². The summed E-state index contributed by atoms with van der Waals surface area (Å²) in [6, 6.07) is 4.82. The number of benzene rings is 1. The van der Waals surface area contributed by atoms with E-state index in [1.807, 2.05) is 13.8 Å². The van der Waals surface area contributed by atoms with E-state index in [9.17, 15) is 12.8 Å². The first-order valence-electron chi connectivity index (χ1n) is 7.87. The van der Waals surface area contributed by atoms with Gasteiger partial charge >= 0.3 is 0 Å². The van der Waals surface area contributed by atoms with Gasteiger partial charge in [-0.3, -0.25) is 4.99 Å². The minimum Gasteiger partial charge on any atom is -0.357 e. The van der Waals surface area contributed by atoms with Gasteiger partial charge in [0.25, 0.3) is 0 Å². The molecule has 0 aliphatic rings. The third kappa shape index (κ3) is 11.0. The molecule has 0 aliphatic heterocycles. The van der Waals surface area contributed by atoms with Crippen LogP contribution in [-0.2, 0) is 16.3 Å². The van der Waals surface area contributed by atoms with Gasteiger partial charge in [-0.05, 0) is 50.5 Å². The second-order valence-electron chi connectivity index (χ2n) is 5.71. The van der Waals surface area contributed by atoms with Crippen LogP contribution in [-0.4, -0.2) is 45.5 Å². The first-order valence-corrected chi connectivity index (χ1v) is 10.7. The Hall–Kier alpha value is -0.420. The maximum absolute atomic E-state index is 13.7. The summed E-state index contributed by atoms with van der Waals surface area (Å²) in [5.41, 5.74) is 0.606. The maximum atomic E-state index is 13.7. The second kappa shape index (κ2) is 12.1. The van der Waals surface area contributed by atoms with Crippen LogP contribution in [0.4, 0.5) is 4.39 Å². The van der Waals surface area contributed by atoms with Crippen molar-refractivity contribution in [2.45, 2.75) is 32.7 Å². The molecule has 0 saturated heterocycles. The minimum absolute atomic E-state index is 0. The molecule has 25 heavy (non-hydrogen) atoms. The van der Waals surface area contributed by atoms with Crippen LogP contribution in [0.5, 0.6) is 0 Å². The van der Waals surface area contributed by atoms with Crippen LogP contribution in [0.2, 0.25) is 0 Å². The molecule has 1 atom stereocenters. The predicted octanol–water partition coefficient (Wildman–Crippen LogP) is 3.13. The number of nitrogens with one attached hydrogen (secondary N) is 2. The molecule has 9 heteroatoms. The molecule has 0 spiro atoms. The van der Waals surface area contributed by atoms with E-state index in [1.165, 1.54) is 12.3 Å². The number of hydrogen-bond donors (Lipinski definition) is 2. The fraction of sp³-hybridized carbons (Fsp3) is 0.562. The van der Waals surface area contributed by atoms with Gasteiger partial charge in [0.2, 0.25) is 0 Å². The second-order valence-corrected chi connectivity index (χ2v) is 8.89. The lowest BCUT2D eigenvalue weighted by Crippen LogP contribution is -2.43. The summed E-state index contributed by atoms with van der Waals surface area (Å²) in [4.78, 5) is 4.43. The highest BCUT2D eigenvalue weighted by Crippen LogP contribution is 2.15. The Kier molecular flexibility index (Phi) is 11.9. The molecule has 1 aromatic rings. The van der Waals surface area contributed by atoms with Crippen molar-refractivity contribution in [1.29, 1.82) is 0 Å². The summed E-state index contributed by atoms with van der Waals surface area (Å²) in [5, 5.41) is 6.28. The molecule has 1 aromatic carbocycles. The summed E-state index contributed by atoms with van der Waals surface area (Å²) in [6.45, 7) is 4.98. The fourth-order valence-electron chi connectivity index (χ4n) is 2.04. The zero-order valence-corrected chi connectivity index (χ0v) is 19.4. The van der Waals surface area contributed by atoms with Crippen molar-refractivity contribution < 1.29 is 12.8 Å². The van der Waals surface area contributed by atoms with Crippen molar-refractivity contribution in [3.8, 4) is 0 Å². The quantitative estimate of drug-likeness (QED) is 0.297. The molecule has 1 rings (SSSR count). The molecule has 5 nitrogen and oxygen atoms in total. The van der Waals surface area contributed by atoms with Gasteiger partial charge in [0, 0.05) is 29.9 Å². The number of halogens is 3. The van der Waals surface area contributed by atoms with Gasteiger partial charge in [0.05, 0.1) is 5.75 Å². The molecule has 0 saturated carbocycles. The lowest BCUT2D eigenvalue weighted by Gasteiger charge is -2.17. The van der Waals surface area contributed by atoms with Gasteiger partial charge in [-0.1, -0.05) is 15.9 Å². The van der Waals surface area contributed by atoms with Gasteiger partial charge in [-0.2, -0.15) is 0 Å². The van der Waals surface area contributed by atoms with Crippen molar-refractivity contribution in [1.82, 2.24) is 10.6 Å². The molecule has 1 unspecified atom stereocenters. The van der Waals surface area contributed by atoms with Crippen LogP contribution in [0.1, 0.15) is 25.8 Å². The standard InChI is InChI=1S/C16H25BrFN3O2S.HI/c1-4-19-16(21-12(2)8-10-24(3,22)23)20-9-7-13-11-14(17)5-6-15(13)18;/h5-6,11-12H,4,7-10H2,1-3H3,(H2,19,20,21);1H. The molecular formula is C16H26BrFIN3O2S. The molecule has 0 bridgehead atoms. The Morgan fingerprint density at radius 2 is 2.08 bits per heavy atom. The third-order valence-electron chi connectivity index (χ3n) is 3.31. The molecule has 0 heterocycles. The van der Waals surface area contributed by atoms with Crippen molar-refractivity contribution >= 4 is 55.7 Å². The summed E-state index contributed by atoms with van der Waals surface area (Å²) in [7, 11) is -2.98. The SMILES string of the molecule is CCNC(=NCCc1cc(Br)ccc1F)NC(C)CCS(C)(=O)=O.I. The normalized spacial score (nSPS) is 13.1. The zero-order valence-electron chi connectivity index (χ0n) is 14.7. The summed E-state index contributed by atoms with van der Waals surface area (Å²) in [5.74, 6) is 0.492. The summed E-state index contributed by atoms with van der Waals surface area (Å²) < 4.78 is 37.0. The lowest BCUT2D eigenvalue weighted by atomic mass is 10.1. The number of sulfone groups is 1. The van der Waals surface area contributed by atoms with E-state index in [1.54, 1.807) is 12.1 Å². The van der Waals surface area contributed by atoms with E-state index in [-0.39, 0.29) is 41.6 Å². The van der Waals surface area contributed by atoms with Crippen LogP contribution >= 0.6 is 39.9 Å². The number of nitrogens with zero attached hydrogens (tertiary/aromatic N) is 1. The fourth-order valence-corrected chi connectivity index (χ4v) is 3.23. The average Bonchev–Trinajstić information content (AvgIpc) is 2.48. The van der Waals surface area contributed by atoms with Crippen LogP contribution in [0.15, 0.2) is 27.7 Å². The molecule has 0 radical (unpaired) electrons. The monoisotopic (exact) mass is 549 g/mol. The third-order valence-corrected chi connectivity index (χ3v) is 4.78. The average molecular weight is 550 g/mol. The molecule has 144 valence electrons. The molecular weight excluding hydrogens is 524 g/mol. The number of hydrogen-bond acceptors (Lipinski definition) is 3. The largest absolute Gasteiger partial charge is 0.357 e. The Morgan fingerprint density at radius 1 is 1.40 bits per heavy atom. The van der Waals surface area contributed by atoms with Gasteiger partial charge in [-0.15, -0.1) is 24.0 Å². The minimum atomic E-state index is -2.98. The van der Waals surface area contributed by atoms with Crippen molar-refractivity contribution in [2.75, 3.05) is 25.1 Å². The highest BCUT2D eigenvalue weighted by Gasteiger charge is 2.09. The molecule has 0 aliphatic carbocycles. The van der Waals surface area contributed by atoms with Crippen molar-refractivity contribution in [2.24, 2.45) is 4.99 Å². The van der Waals surface area contributed by atoms with E-state index in [0.717, 1.165) is 4.47 Å². The first-order chi connectivity index (χ1) is 11.2. The Labute approximate surface area is 175 Å². The highest BCUT2D eigenvalue weighted by molar-refractivity contribution is 14.0. The predicted molar refractivity (Wildman–Crippen MR) is 116 cm³/mol. The summed E-state index contributed by atoms with van der Waals surface area (Å²) in [6.07, 6.45) is 2.22. The van der Waals surface area contributed by atoms with Crippen LogP contribution < -0.4 is 10.6 Å². The maximum Gasteiger partial charge on any atom is 0.191 e. The lowest BCUT2D eigenvalue weighted by molar-refractivity contribution is 0.581. The number of guanidine groups is 1. The molecule has 0 amide bonds. The van der Waals surface area contributed by atoms with Crippen molar-refractivity contribution in [3.63, 3.8) is 0 Å². The highest BCUT2D eigenvalue weighted by atomic mass is 127. The Balaban J connectivity index is 0.00000576. The van der Waals surface area contributed by atoms with E-state index in [0.29, 0.717) is 37.5 Å². The smallest absolute Gasteiger partial charge is 0.191 e. The number of aliphatic imine (C=N–C) groups is 1. The Morgan fingerprint density at radius 3 is 2.68 bits per heavy atom. The van der Waals surface area contributed by atoms with E-state index >= 15 is 0 Å². The zero-order chi connectivity index (χ0) is 18.2. The first kappa shape index (κ1) is 24.6. The van der Waals surface area contributed by atoms with Crippen LogP contribution in [0, 0.1) is 5.82 Å². The van der Waals surface area contributed by atoms with E-state index in [4.69, 9.17) is 0 Å². The Bertz CT molecular complexity index is 671. The molecule has 0 fully saturated rings. The van der Waals surface area contributed by atoms with Crippen LogP contribution in [0.3, 0.4) is 0 Å². The van der Waals surface area contributed by atoms with E-state index < -0.39 is 9.84 Å². The van der Waals surface area contributed by atoms with Gasteiger partial charge in [0.15, 0.2) is 5.96 Å². The van der Waals surface area contributed by atoms with E-state index in [2.05, 4.69) is 31.6 Å². The van der Waals surface area contributed by atoms with Crippen LogP contribution in [0.25, 0.3) is 0 Å². The molecule has 0 aromatic heterocycles. The molecule has 2 N–H and O–H groups in total. The van der Waals surface area contributed by atoms with Gasteiger partial charge in [-0.25, -0.2) is 12.8 Å². The number of rotatable bonds is 8. The van der Waals surface area contributed by atoms with Gasteiger partial charge < -0.3 is 10.6 Å². The van der Waals surface area contributed by atoms with Gasteiger partial charge in [0.1, 0.15) is 15.7 Å².